The third kappa shape index (κ3) is 4.28. The summed E-state index contributed by atoms with van der Waals surface area (Å²) < 4.78 is 27.3. The van der Waals surface area contributed by atoms with Crippen molar-refractivity contribution in [3.8, 4) is 0 Å². The lowest BCUT2D eigenvalue weighted by Crippen LogP contribution is -2.56. The Morgan fingerprint density at radius 1 is 1.15 bits per heavy atom. The maximum Gasteiger partial charge on any atom is 0.344 e. The van der Waals surface area contributed by atoms with Gasteiger partial charge in [-0.2, -0.15) is 4.31 Å². The summed E-state index contributed by atoms with van der Waals surface area (Å²) >= 11 is 2.21. The van der Waals surface area contributed by atoms with Crippen LogP contribution in [0.15, 0.2) is 22.4 Å². The van der Waals surface area contributed by atoms with Crippen molar-refractivity contribution in [1.82, 2.24) is 9.21 Å². The van der Waals surface area contributed by atoms with Crippen molar-refractivity contribution in [1.29, 1.82) is 0 Å². The minimum Gasteiger partial charge on any atom is -0.312 e. The number of sulfonamides is 1. The molecule has 0 spiro atoms. The van der Waals surface area contributed by atoms with Crippen LogP contribution in [0.5, 0.6) is 0 Å². The van der Waals surface area contributed by atoms with Gasteiger partial charge in [-0.3, -0.25) is 10.5 Å². The Labute approximate surface area is 165 Å². The standard InChI is InChI=1S/C16H20N4O4S3/c1-10-3-4-12(25-10)15(22)18-16-11(14(17)21)9-13(26-16)27(23,24)20-7-5-19(2)6-8-20/h3-4,9H,5-8H2,1-2H3,(H2,17,21)(H,18,22)/p+1. The topological polar surface area (TPSA) is 114 Å². The van der Waals surface area contributed by atoms with Crippen LogP contribution in [0.1, 0.15) is 24.9 Å². The number of piperazine rings is 1. The molecule has 0 bridgehead atoms. The van der Waals surface area contributed by atoms with E-state index in [-0.39, 0.29) is 20.7 Å². The lowest BCUT2D eigenvalue weighted by molar-refractivity contribution is -0.254. The molecule has 4 N–H and O–H groups in total. The third-order valence-electron chi connectivity index (χ3n) is 4.26. The molecule has 2 amide bonds. The Morgan fingerprint density at radius 2 is 1.81 bits per heavy atom. The lowest BCUT2D eigenvalue weighted by Gasteiger charge is -2.31. The molecule has 2 aromatic rings. The molecule has 8 nitrogen and oxygen atoms in total. The van der Waals surface area contributed by atoms with Crippen molar-refractivity contribution < 1.29 is 23.7 Å². The van der Waals surface area contributed by atoms with E-state index in [0.29, 0.717) is 31.1 Å². The van der Waals surface area contributed by atoms with Crippen LogP contribution in [0.25, 0.3) is 0 Å². The van der Waals surface area contributed by atoms with E-state index in [9.17, 15) is 18.0 Å². The molecule has 3 rings (SSSR count). The fourth-order valence-electron chi connectivity index (χ4n) is 2.67. The van der Waals surface area contributed by atoms with Gasteiger partial charge in [0.25, 0.3) is 15.9 Å². The van der Waals surface area contributed by atoms with Crippen LogP contribution < -0.4 is 11.1 Å². The van der Waals surface area contributed by atoms with Crippen molar-refractivity contribution in [2.75, 3.05) is 38.5 Å². The van der Waals surface area contributed by atoms with Crippen LogP contribution in [0, 0.1) is 6.92 Å². The van der Waals surface area contributed by atoms with Crippen molar-refractivity contribution in [3.05, 3.63) is 33.5 Å². The van der Waals surface area contributed by atoms with Crippen LogP contribution in [-0.4, -0.2) is 62.7 Å². The quantitative estimate of drug-likeness (QED) is 0.726. The Hall–Kier alpha value is -1.63. The van der Waals surface area contributed by atoms with Crippen molar-refractivity contribution in [3.63, 3.8) is 0 Å². The first-order chi connectivity index (χ1) is 12.7. The number of aryl methyl sites for hydroxylation is 1. The Bertz CT molecular complexity index is 972. The number of anilines is 1. The van der Waals surface area contributed by atoms with Crippen LogP contribution in [0.3, 0.4) is 0 Å². The first-order valence-electron chi connectivity index (χ1n) is 8.25. The zero-order chi connectivity index (χ0) is 19.8. The number of carbonyl (C=O) groups is 2. The molecule has 0 aliphatic carbocycles. The van der Waals surface area contributed by atoms with Gasteiger partial charge in [-0.05, 0) is 32.2 Å². The Morgan fingerprint density at radius 3 is 2.37 bits per heavy atom. The number of hydrogen-bond acceptors (Lipinski definition) is 7. The van der Waals surface area contributed by atoms with Gasteiger partial charge in [0.2, 0.25) is 0 Å². The molecule has 3 heterocycles. The van der Waals surface area contributed by atoms with E-state index in [4.69, 9.17) is 0 Å². The smallest absolute Gasteiger partial charge is 0.312 e. The van der Waals surface area contributed by atoms with Gasteiger partial charge in [-0.1, -0.05) is 0 Å². The summed E-state index contributed by atoms with van der Waals surface area (Å²) in [5.41, 5.74) is 3.48. The molecule has 0 aromatic carbocycles. The number of hydrogen-bond donors (Lipinski definition) is 2. The van der Waals surface area contributed by atoms with Crippen molar-refractivity contribution in [2.45, 2.75) is 11.1 Å². The molecule has 0 radical (unpaired) electrons. The van der Waals surface area contributed by atoms with Gasteiger partial charge in [-0.25, -0.2) is 13.2 Å². The number of carbonyl (C=O) groups excluding carboxylic acids is 2. The third-order valence-corrected chi connectivity index (χ3v) is 8.66. The minimum absolute atomic E-state index is 0.0386. The maximum absolute atomic E-state index is 12.9. The Kier molecular flexibility index (Phi) is 5.79. The first kappa shape index (κ1) is 20.1. The molecule has 0 atom stereocenters. The molecule has 1 fully saturated rings. The Balaban J connectivity index is 1.89. The van der Waals surface area contributed by atoms with Crippen LogP contribution in [0.4, 0.5) is 5.00 Å². The molecule has 146 valence electrons. The van der Waals surface area contributed by atoms with E-state index in [1.165, 1.54) is 21.7 Å². The fourth-order valence-corrected chi connectivity index (χ4v) is 6.39. The highest BCUT2D eigenvalue weighted by Gasteiger charge is 2.31. The van der Waals surface area contributed by atoms with Gasteiger partial charge in [-0.15, -0.1) is 22.7 Å². The lowest BCUT2D eigenvalue weighted by atomic mass is 10.3. The van der Waals surface area contributed by atoms with Gasteiger partial charge in [0.05, 0.1) is 4.88 Å². The zero-order valence-electron chi connectivity index (χ0n) is 15.0. The number of amides is 2. The van der Waals surface area contributed by atoms with E-state index in [1.54, 1.807) is 6.07 Å². The van der Waals surface area contributed by atoms with Gasteiger partial charge >= 0.3 is 5.91 Å². The van der Waals surface area contributed by atoms with Crippen molar-refractivity contribution >= 4 is 49.5 Å². The predicted octanol–water partition coefficient (Wildman–Crippen LogP) is 0.689. The summed E-state index contributed by atoms with van der Waals surface area (Å²) in [4.78, 5) is 27.8. The number of nitrogens with one attached hydrogen (secondary N) is 1. The fraction of sp³-hybridized carbons (Fsp3) is 0.375. The molecule has 0 saturated carbocycles. The summed E-state index contributed by atoms with van der Waals surface area (Å²) in [6.45, 7) is 3.96. The maximum atomic E-state index is 12.9. The number of thiophene rings is 2. The second kappa shape index (κ2) is 7.78. The molecule has 0 unspecified atom stereocenters. The first-order valence-corrected chi connectivity index (χ1v) is 11.3. The van der Waals surface area contributed by atoms with Gasteiger partial charge in [0.1, 0.15) is 14.8 Å². The predicted molar refractivity (Wildman–Crippen MR) is 105 cm³/mol. The highest BCUT2D eigenvalue weighted by Crippen LogP contribution is 2.33. The summed E-state index contributed by atoms with van der Waals surface area (Å²) in [7, 11) is -1.78. The average molecular weight is 430 g/mol. The SMILES string of the molecule is Cc1ccc(C(=O)Nc2sc(S(=O)(=O)N3CCN(C)CC3)cc2C([NH3+])=O)s1. The second-order valence-corrected chi connectivity index (χ2v) is 10.8. The molecule has 1 aliphatic heterocycles. The van der Waals surface area contributed by atoms with E-state index < -0.39 is 15.9 Å². The van der Waals surface area contributed by atoms with Gasteiger partial charge < -0.3 is 10.2 Å². The van der Waals surface area contributed by atoms with E-state index in [1.807, 2.05) is 20.0 Å². The summed E-state index contributed by atoms with van der Waals surface area (Å²) in [5, 5.41) is 2.87. The second-order valence-electron chi connectivity index (χ2n) is 6.30. The van der Waals surface area contributed by atoms with E-state index >= 15 is 0 Å². The summed E-state index contributed by atoms with van der Waals surface area (Å²) in [5.74, 6) is -0.912. The molecular weight excluding hydrogens is 408 g/mol. The number of likely N-dealkylation sites (N-methyl/N-ethyl adjacent to an activating group) is 1. The van der Waals surface area contributed by atoms with E-state index in [0.717, 1.165) is 16.2 Å². The normalized spacial score (nSPS) is 16.4. The number of rotatable bonds is 5. The number of nitrogens with zero attached hydrogens (tertiary/aromatic N) is 2. The molecule has 11 heteroatoms. The van der Waals surface area contributed by atoms with Crippen LogP contribution in [-0.2, 0) is 10.0 Å². The van der Waals surface area contributed by atoms with Crippen molar-refractivity contribution in [2.24, 2.45) is 0 Å². The zero-order valence-corrected chi connectivity index (χ0v) is 17.5. The highest BCUT2D eigenvalue weighted by molar-refractivity contribution is 7.91. The van der Waals surface area contributed by atoms with Gasteiger partial charge in [0.15, 0.2) is 0 Å². The minimum atomic E-state index is -3.72. The molecule has 2 aromatic heterocycles. The van der Waals surface area contributed by atoms with Gasteiger partial charge in [0, 0.05) is 31.1 Å². The van der Waals surface area contributed by atoms with Crippen LogP contribution >= 0.6 is 22.7 Å². The molecule has 1 aliphatic rings. The summed E-state index contributed by atoms with van der Waals surface area (Å²) in [6.07, 6.45) is 0. The average Bonchev–Trinajstić information content (AvgIpc) is 3.22. The van der Waals surface area contributed by atoms with Crippen LogP contribution in [0.2, 0.25) is 0 Å². The molecular formula is C16H21N4O4S3+. The largest absolute Gasteiger partial charge is 0.344 e. The summed E-state index contributed by atoms with van der Waals surface area (Å²) in [6, 6.07) is 4.82. The molecule has 27 heavy (non-hydrogen) atoms. The monoisotopic (exact) mass is 429 g/mol. The van der Waals surface area contributed by atoms with E-state index in [2.05, 4.69) is 16.0 Å². The number of quaternary nitrogens is 1. The molecule has 1 saturated heterocycles. The highest BCUT2D eigenvalue weighted by atomic mass is 32.2.